The van der Waals surface area contributed by atoms with Crippen molar-refractivity contribution < 1.29 is 26.4 Å². The van der Waals surface area contributed by atoms with E-state index in [2.05, 4.69) is 5.32 Å². The molecule has 9 heteroatoms. The standard InChI is InChI=1S/C14H13ClF3NO3S/c15-12-3-1-9(7-11(12)14(16,17)18)2-4-13(20)19-10-5-6-23(21,22)8-10/h1-4,7,10H,5-6,8H2,(H,19,20)/b4-2+. The zero-order valence-electron chi connectivity index (χ0n) is 11.7. The molecule has 1 atom stereocenters. The van der Waals surface area contributed by atoms with Crippen LogP contribution in [-0.2, 0) is 20.8 Å². The lowest BCUT2D eigenvalue weighted by Crippen LogP contribution is -2.34. The summed E-state index contributed by atoms with van der Waals surface area (Å²) in [5, 5.41) is 2.09. The molecule has 1 unspecified atom stereocenters. The molecule has 2 rings (SSSR count). The molecular formula is C14H13ClF3NO3S. The highest BCUT2D eigenvalue weighted by molar-refractivity contribution is 7.91. The topological polar surface area (TPSA) is 63.2 Å². The fourth-order valence-electron chi connectivity index (χ4n) is 2.19. The molecule has 1 N–H and O–H groups in total. The highest BCUT2D eigenvalue weighted by Crippen LogP contribution is 2.35. The molecule has 23 heavy (non-hydrogen) atoms. The maximum Gasteiger partial charge on any atom is 0.417 e. The first-order chi connectivity index (χ1) is 10.6. The van der Waals surface area contributed by atoms with Crippen LogP contribution in [0.5, 0.6) is 0 Å². The van der Waals surface area contributed by atoms with Crippen LogP contribution >= 0.6 is 11.6 Å². The van der Waals surface area contributed by atoms with Gasteiger partial charge in [0, 0.05) is 12.1 Å². The van der Waals surface area contributed by atoms with Gasteiger partial charge in [0.2, 0.25) is 5.91 Å². The van der Waals surface area contributed by atoms with E-state index in [9.17, 15) is 26.4 Å². The van der Waals surface area contributed by atoms with E-state index in [1.165, 1.54) is 12.1 Å². The SMILES string of the molecule is O=C(/C=C/c1ccc(Cl)c(C(F)(F)F)c1)NC1CCS(=O)(=O)C1. The van der Waals surface area contributed by atoms with Gasteiger partial charge in [0.25, 0.3) is 0 Å². The van der Waals surface area contributed by atoms with Gasteiger partial charge in [0.15, 0.2) is 9.84 Å². The van der Waals surface area contributed by atoms with Gasteiger partial charge >= 0.3 is 6.18 Å². The van der Waals surface area contributed by atoms with Crippen molar-refractivity contribution in [2.75, 3.05) is 11.5 Å². The number of hydrogen-bond acceptors (Lipinski definition) is 3. The summed E-state index contributed by atoms with van der Waals surface area (Å²) in [6.45, 7) is 0. The molecule has 4 nitrogen and oxygen atoms in total. The third-order valence-corrected chi connectivity index (χ3v) is 5.40. The highest BCUT2D eigenvalue weighted by Gasteiger charge is 2.33. The fraction of sp³-hybridized carbons (Fsp3) is 0.357. The third kappa shape index (κ3) is 4.97. The van der Waals surface area contributed by atoms with Crippen molar-refractivity contribution in [1.82, 2.24) is 5.32 Å². The molecule has 1 aromatic rings. The Labute approximate surface area is 136 Å². The van der Waals surface area contributed by atoms with Crippen LogP contribution in [0.2, 0.25) is 5.02 Å². The minimum absolute atomic E-state index is 0.0216. The molecule has 1 fully saturated rings. The van der Waals surface area contributed by atoms with Crippen LogP contribution in [0.4, 0.5) is 13.2 Å². The van der Waals surface area contributed by atoms with Gasteiger partial charge in [0.05, 0.1) is 22.1 Å². The minimum Gasteiger partial charge on any atom is -0.349 e. The Bertz CT molecular complexity index is 744. The Morgan fingerprint density at radius 3 is 2.61 bits per heavy atom. The molecule has 0 aromatic heterocycles. The molecule has 1 heterocycles. The summed E-state index contributed by atoms with van der Waals surface area (Å²) in [4.78, 5) is 11.7. The molecule has 1 saturated heterocycles. The van der Waals surface area contributed by atoms with E-state index in [1.807, 2.05) is 0 Å². The molecule has 0 bridgehead atoms. The first kappa shape index (κ1) is 17.8. The Morgan fingerprint density at radius 1 is 1.35 bits per heavy atom. The van der Waals surface area contributed by atoms with E-state index in [0.29, 0.717) is 6.42 Å². The second-order valence-corrected chi connectivity index (χ2v) is 7.81. The van der Waals surface area contributed by atoms with Crippen molar-refractivity contribution in [1.29, 1.82) is 0 Å². The van der Waals surface area contributed by atoms with Crippen molar-refractivity contribution in [2.24, 2.45) is 0 Å². The van der Waals surface area contributed by atoms with Gasteiger partial charge in [-0.15, -0.1) is 0 Å². The van der Waals surface area contributed by atoms with Gasteiger partial charge in [0.1, 0.15) is 0 Å². The normalized spacial score (nSPS) is 20.8. The molecule has 0 saturated carbocycles. The number of halogens is 4. The molecule has 1 aliphatic rings. The number of sulfone groups is 1. The summed E-state index contributed by atoms with van der Waals surface area (Å²) in [5.41, 5.74) is -0.820. The van der Waals surface area contributed by atoms with Gasteiger partial charge < -0.3 is 5.32 Å². The summed E-state index contributed by atoms with van der Waals surface area (Å²) in [7, 11) is -3.11. The van der Waals surface area contributed by atoms with E-state index in [4.69, 9.17) is 11.6 Å². The first-order valence-electron chi connectivity index (χ1n) is 6.62. The molecule has 0 spiro atoms. The Hall–Kier alpha value is -1.54. The van der Waals surface area contributed by atoms with Crippen LogP contribution in [0.3, 0.4) is 0 Å². The lowest BCUT2D eigenvalue weighted by Gasteiger charge is -2.10. The summed E-state index contributed by atoms with van der Waals surface area (Å²) in [6, 6.07) is 2.83. The quantitative estimate of drug-likeness (QED) is 0.835. The van der Waals surface area contributed by atoms with Gasteiger partial charge in [-0.1, -0.05) is 17.7 Å². The average Bonchev–Trinajstić information content (AvgIpc) is 2.75. The highest BCUT2D eigenvalue weighted by atomic mass is 35.5. The predicted octanol–water partition coefficient (Wildman–Crippen LogP) is 2.68. The predicted molar refractivity (Wildman–Crippen MR) is 80.7 cm³/mol. The number of nitrogens with one attached hydrogen (secondary N) is 1. The van der Waals surface area contributed by atoms with Crippen molar-refractivity contribution in [3.8, 4) is 0 Å². The zero-order valence-corrected chi connectivity index (χ0v) is 13.3. The van der Waals surface area contributed by atoms with Crippen molar-refractivity contribution in [3.63, 3.8) is 0 Å². The van der Waals surface area contributed by atoms with Crippen LogP contribution in [0.25, 0.3) is 6.08 Å². The number of carbonyl (C=O) groups excluding carboxylic acids is 1. The number of alkyl halides is 3. The molecule has 126 valence electrons. The maximum absolute atomic E-state index is 12.7. The number of carbonyl (C=O) groups is 1. The summed E-state index contributed by atoms with van der Waals surface area (Å²) in [6.07, 6.45) is -1.97. The monoisotopic (exact) mass is 367 g/mol. The number of rotatable bonds is 3. The smallest absolute Gasteiger partial charge is 0.349 e. The van der Waals surface area contributed by atoms with Crippen LogP contribution < -0.4 is 5.32 Å². The number of benzene rings is 1. The third-order valence-electron chi connectivity index (χ3n) is 3.30. The van der Waals surface area contributed by atoms with E-state index in [0.717, 1.165) is 18.2 Å². The molecular weight excluding hydrogens is 355 g/mol. The minimum atomic E-state index is -4.58. The lowest BCUT2D eigenvalue weighted by atomic mass is 10.1. The largest absolute Gasteiger partial charge is 0.417 e. The van der Waals surface area contributed by atoms with E-state index in [1.54, 1.807) is 0 Å². The van der Waals surface area contributed by atoms with E-state index < -0.39 is 38.5 Å². The van der Waals surface area contributed by atoms with Gasteiger partial charge in [-0.05, 0) is 30.2 Å². The number of amides is 1. The van der Waals surface area contributed by atoms with Gasteiger partial charge in [-0.3, -0.25) is 4.79 Å². The number of hydrogen-bond donors (Lipinski definition) is 1. The summed E-state index contributed by atoms with van der Waals surface area (Å²) in [5.74, 6) is -0.657. The van der Waals surface area contributed by atoms with E-state index in [-0.39, 0.29) is 17.1 Å². The average molecular weight is 368 g/mol. The molecule has 1 aliphatic heterocycles. The van der Waals surface area contributed by atoms with Crippen molar-refractivity contribution >= 4 is 33.4 Å². The van der Waals surface area contributed by atoms with Gasteiger partial charge in [-0.2, -0.15) is 13.2 Å². The Balaban J connectivity index is 2.04. The van der Waals surface area contributed by atoms with Crippen molar-refractivity contribution in [2.45, 2.75) is 18.6 Å². The first-order valence-corrected chi connectivity index (χ1v) is 8.82. The van der Waals surface area contributed by atoms with Crippen LogP contribution in [0, 0.1) is 0 Å². The molecule has 1 aromatic carbocycles. The molecule has 1 amide bonds. The fourth-order valence-corrected chi connectivity index (χ4v) is 4.09. The summed E-state index contributed by atoms with van der Waals surface area (Å²) < 4.78 is 60.7. The second kappa shape index (κ2) is 6.52. The Kier molecular flexibility index (Phi) is 5.05. The second-order valence-electron chi connectivity index (χ2n) is 5.18. The Morgan fingerprint density at radius 2 is 2.04 bits per heavy atom. The molecule has 0 radical (unpaired) electrons. The molecule has 0 aliphatic carbocycles. The summed E-state index contributed by atoms with van der Waals surface area (Å²) >= 11 is 5.50. The maximum atomic E-state index is 12.7. The van der Waals surface area contributed by atoms with Gasteiger partial charge in [-0.25, -0.2) is 8.42 Å². The van der Waals surface area contributed by atoms with Crippen LogP contribution in [0.1, 0.15) is 17.5 Å². The van der Waals surface area contributed by atoms with Crippen molar-refractivity contribution in [3.05, 3.63) is 40.4 Å². The zero-order chi connectivity index (χ0) is 17.3. The van der Waals surface area contributed by atoms with E-state index >= 15 is 0 Å². The van der Waals surface area contributed by atoms with Crippen LogP contribution in [0.15, 0.2) is 24.3 Å². The van der Waals surface area contributed by atoms with Crippen LogP contribution in [-0.4, -0.2) is 31.9 Å². The lowest BCUT2D eigenvalue weighted by molar-refractivity contribution is -0.137.